The van der Waals surface area contributed by atoms with Gasteiger partial charge in [0.15, 0.2) is 11.6 Å². The van der Waals surface area contributed by atoms with Crippen molar-refractivity contribution in [1.82, 2.24) is 15.2 Å². The highest BCUT2D eigenvalue weighted by Crippen LogP contribution is 2.25. The maximum absolute atomic E-state index is 14.4. The van der Waals surface area contributed by atoms with Gasteiger partial charge in [0.05, 0.1) is 0 Å². The van der Waals surface area contributed by atoms with Gasteiger partial charge < -0.3 is 10.2 Å². The van der Waals surface area contributed by atoms with Crippen LogP contribution in [0.3, 0.4) is 0 Å². The lowest BCUT2D eigenvalue weighted by molar-refractivity contribution is 0.232. The third kappa shape index (κ3) is 3.10. The highest BCUT2D eigenvalue weighted by Gasteiger charge is 2.28. The second-order valence-electron chi connectivity index (χ2n) is 5.25. The molecule has 1 aromatic heterocycles. The molecule has 2 rings (SSSR count). The molecule has 1 N–H and O–H groups in total. The van der Waals surface area contributed by atoms with Gasteiger partial charge in [0.2, 0.25) is 0 Å². The van der Waals surface area contributed by atoms with E-state index in [9.17, 15) is 4.39 Å². The molecule has 112 valence electrons. The van der Waals surface area contributed by atoms with Crippen molar-refractivity contribution in [2.75, 3.05) is 38.1 Å². The first kappa shape index (κ1) is 15.2. The van der Waals surface area contributed by atoms with E-state index in [1.807, 2.05) is 7.05 Å². The van der Waals surface area contributed by atoms with Gasteiger partial charge in [0.25, 0.3) is 0 Å². The van der Waals surface area contributed by atoms with E-state index in [2.05, 4.69) is 33.9 Å². The van der Waals surface area contributed by atoms with E-state index < -0.39 is 0 Å². The molecule has 20 heavy (non-hydrogen) atoms. The summed E-state index contributed by atoms with van der Waals surface area (Å²) >= 11 is 0. The Hall–Kier alpha value is -1.20. The fourth-order valence-corrected chi connectivity index (χ4v) is 2.99. The second kappa shape index (κ2) is 6.99. The van der Waals surface area contributed by atoms with Crippen LogP contribution in [0.25, 0.3) is 0 Å². The number of aromatic nitrogens is 1. The molecule has 1 fully saturated rings. The van der Waals surface area contributed by atoms with Crippen LogP contribution in [-0.2, 0) is 6.54 Å². The SMILES string of the molecule is CCN(CC)C1CCN(c2nccc(CNC)c2F)C1. The first-order valence-corrected chi connectivity index (χ1v) is 7.48. The van der Waals surface area contributed by atoms with Crippen molar-refractivity contribution in [3.05, 3.63) is 23.6 Å². The number of hydrogen-bond acceptors (Lipinski definition) is 4. The van der Waals surface area contributed by atoms with Gasteiger partial charge in [0, 0.05) is 37.4 Å². The molecular formula is C15H25FN4. The van der Waals surface area contributed by atoms with Crippen LogP contribution >= 0.6 is 0 Å². The molecule has 1 unspecified atom stereocenters. The first-order chi connectivity index (χ1) is 9.71. The van der Waals surface area contributed by atoms with Crippen molar-refractivity contribution in [3.63, 3.8) is 0 Å². The van der Waals surface area contributed by atoms with Crippen molar-refractivity contribution >= 4 is 5.82 Å². The summed E-state index contributed by atoms with van der Waals surface area (Å²) in [6, 6.07) is 2.26. The smallest absolute Gasteiger partial charge is 0.170 e. The standard InChI is InChI=1S/C15H25FN4/c1-4-19(5-2)13-7-9-20(11-13)15-14(16)12(10-17-3)6-8-18-15/h6,8,13,17H,4-5,7,9-11H2,1-3H3. The van der Waals surface area contributed by atoms with E-state index in [0.29, 0.717) is 24.0 Å². The number of hydrogen-bond donors (Lipinski definition) is 1. The summed E-state index contributed by atoms with van der Waals surface area (Å²) in [4.78, 5) is 8.77. The van der Waals surface area contributed by atoms with Crippen molar-refractivity contribution in [1.29, 1.82) is 0 Å². The topological polar surface area (TPSA) is 31.4 Å². The predicted molar refractivity (Wildman–Crippen MR) is 80.5 cm³/mol. The molecule has 0 aromatic carbocycles. The summed E-state index contributed by atoms with van der Waals surface area (Å²) in [6.07, 6.45) is 2.79. The molecule has 0 saturated carbocycles. The summed E-state index contributed by atoms with van der Waals surface area (Å²) in [5.74, 6) is 0.328. The third-order valence-corrected chi connectivity index (χ3v) is 4.11. The number of nitrogens with one attached hydrogen (secondary N) is 1. The zero-order valence-corrected chi connectivity index (χ0v) is 12.7. The normalized spacial score (nSPS) is 19.1. The fourth-order valence-electron chi connectivity index (χ4n) is 2.99. The summed E-state index contributed by atoms with van der Waals surface area (Å²) in [5, 5.41) is 2.99. The first-order valence-electron chi connectivity index (χ1n) is 7.48. The molecular weight excluding hydrogens is 255 g/mol. The summed E-state index contributed by atoms with van der Waals surface area (Å²) < 4.78 is 14.4. The average Bonchev–Trinajstić information content (AvgIpc) is 2.92. The highest BCUT2D eigenvalue weighted by atomic mass is 19.1. The van der Waals surface area contributed by atoms with E-state index in [4.69, 9.17) is 0 Å². The molecule has 1 atom stereocenters. The lowest BCUT2D eigenvalue weighted by Gasteiger charge is -2.26. The Morgan fingerprint density at radius 2 is 2.20 bits per heavy atom. The van der Waals surface area contributed by atoms with Gasteiger partial charge in [-0.15, -0.1) is 0 Å². The van der Waals surface area contributed by atoms with Gasteiger partial charge in [-0.05, 0) is 32.6 Å². The zero-order valence-electron chi connectivity index (χ0n) is 12.7. The predicted octanol–water partition coefficient (Wildman–Crippen LogP) is 1.86. The van der Waals surface area contributed by atoms with E-state index in [0.717, 1.165) is 32.6 Å². The number of anilines is 1. The molecule has 0 radical (unpaired) electrons. The maximum Gasteiger partial charge on any atom is 0.170 e. The Bertz CT molecular complexity index is 434. The Morgan fingerprint density at radius 3 is 2.85 bits per heavy atom. The largest absolute Gasteiger partial charge is 0.353 e. The van der Waals surface area contributed by atoms with Crippen molar-refractivity contribution in [2.45, 2.75) is 32.9 Å². The number of halogens is 1. The molecule has 1 saturated heterocycles. The molecule has 1 aliphatic heterocycles. The monoisotopic (exact) mass is 280 g/mol. The van der Waals surface area contributed by atoms with Crippen molar-refractivity contribution in [3.8, 4) is 0 Å². The molecule has 0 amide bonds. The average molecular weight is 280 g/mol. The molecule has 0 aliphatic carbocycles. The number of pyridine rings is 1. The van der Waals surface area contributed by atoms with Crippen LogP contribution < -0.4 is 10.2 Å². The van der Waals surface area contributed by atoms with Crippen LogP contribution in [0.1, 0.15) is 25.8 Å². The van der Waals surface area contributed by atoms with E-state index >= 15 is 0 Å². The number of likely N-dealkylation sites (N-methyl/N-ethyl adjacent to an activating group) is 1. The summed E-state index contributed by atoms with van der Waals surface area (Å²) in [7, 11) is 1.83. The minimum Gasteiger partial charge on any atom is -0.353 e. The molecule has 5 heteroatoms. The maximum atomic E-state index is 14.4. The molecule has 0 spiro atoms. The van der Waals surface area contributed by atoms with Crippen molar-refractivity contribution in [2.24, 2.45) is 0 Å². The van der Waals surface area contributed by atoms with Gasteiger partial charge in [0.1, 0.15) is 0 Å². The molecule has 2 heterocycles. The van der Waals surface area contributed by atoms with Crippen LogP contribution in [0.15, 0.2) is 12.3 Å². The highest BCUT2D eigenvalue weighted by molar-refractivity contribution is 5.44. The van der Waals surface area contributed by atoms with Gasteiger partial charge in [-0.1, -0.05) is 13.8 Å². The van der Waals surface area contributed by atoms with E-state index in [-0.39, 0.29) is 5.82 Å². The molecule has 1 aliphatic rings. The third-order valence-electron chi connectivity index (χ3n) is 4.11. The van der Waals surface area contributed by atoms with Crippen LogP contribution in [0.5, 0.6) is 0 Å². The number of nitrogens with zero attached hydrogens (tertiary/aromatic N) is 3. The Labute approximate surface area is 121 Å². The minimum atomic E-state index is -0.179. The Morgan fingerprint density at radius 1 is 1.45 bits per heavy atom. The van der Waals surface area contributed by atoms with Gasteiger partial charge >= 0.3 is 0 Å². The molecule has 4 nitrogen and oxygen atoms in total. The number of rotatable bonds is 6. The minimum absolute atomic E-state index is 0.179. The Kier molecular flexibility index (Phi) is 5.31. The van der Waals surface area contributed by atoms with E-state index in [1.165, 1.54) is 0 Å². The van der Waals surface area contributed by atoms with Crippen LogP contribution in [0.4, 0.5) is 10.2 Å². The summed E-state index contributed by atoms with van der Waals surface area (Å²) in [5.41, 5.74) is 0.684. The van der Waals surface area contributed by atoms with Crippen LogP contribution in [-0.4, -0.2) is 49.2 Å². The molecule has 0 bridgehead atoms. The van der Waals surface area contributed by atoms with Crippen LogP contribution in [0.2, 0.25) is 0 Å². The van der Waals surface area contributed by atoms with Crippen molar-refractivity contribution < 1.29 is 4.39 Å². The zero-order chi connectivity index (χ0) is 14.5. The van der Waals surface area contributed by atoms with E-state index in [1.54, 1.807) is 12.3 Å². The van der Waals surface area contributed by atoms with Gasteiger partial charge in [-0.25, -0.2) is 9.37 Å². The Balaban J connectivity index is 2.12. The second-order valence-corrected chi connectivity index (χ2v) is 5.25. The lowest BCUT2D eigenvalue weighted by atomic mass is 10.2. The van der Waals surface area contributed by atoms with Gasteiger partial charge in [-0.2, -0.15) is 0 Å². The summed E-state index contributed by atoms with van der Waals surface area (Å²) in [6.45, 7) is 8.74. The fraction of sp³-hybridized carbons (Fsp3) is 0.667. The lowest BCUT2D eigenvalue weighted by Crippen LogP contribution is -2.37. The van der Waals surface area contributed by atoms with Gasteiger partial charge in [-0.3, -0.25) is 4.90 Å². The van der Waals surface area contributed by atoms with Crippen LogP contribution in [0, 0.1) is 5.82 Å². The quantitative estimate of drug-likeness (QED) is 0.862. The molecule has 1 aromatic rings.